The Labute approximate surface area is 132 Å². The molecule has 0 aliphatic rings. The molecule has 0 radical (unpaired) electrons. The molecule has 7 heteroatoms. The quantitative estimate of drug-likeness (QED) is 0.733. The van der Waals surface area contributed by atoms with E-state index in [1.165, 1.54) is 10.5 Å². The van der Waals surface area contributed by atoms with Crippen LogP contribution < -0.4 is 5.73 Å². The maximum atomic E-state index is 12.9. The highest BCUT2D eigenvalue weighted by atomic mass is 79.9. The monoisotopic (exact) mass is 369 g/mol. The number of rotatable bonds is 2. The molecule has 22 heavy (non-hydrogen) atoms. The molecule has 0 fully saturated rings. The van der Waals surface area contributed by atoms with Crippen LogP contribution in [0, 0.1) is 0 Å². The first-order valence-electron chi connectivity index (χ1n) is 6.44. The van der Waals surface area contributed by atoms with Crippen LogP contribution >= 0.6 is 15.9 Å². The van der Waals surface area contributed by atoms with E-state index in [2.05, 4.69) is 20.9 Å². The predicted octanol–water partition coefficient (Wildman–Crippen LogP) is 4.24. The summed E-state index contributed by atoms with van der Waals surface area (Å²) in [6.07, 6.45) is -3.37. The third-order valence-corrected chi connectivity index (χ3v) is 3.88. The van der Waals surface area contributed by atoms with Crippen molar-refractivity contribution in [1.82, 2.24) is 9.38 Å². The van der Waals surface area contributed by atoms with Crippen molar-refractivity contribution in [2.24, 2.45) is 5.73 Å². The molecule has 0 bridgehead atoms. The summed E-state index contributed by atoms with van der Waals surface area (Å²) in [5, 5.41) is 0. The molecular weight excluding hydrogens is 359 g/mol. The van der Waals surface area contributed by atoms with E-state index in [9.17, 15) is 13.2 Å². The molecular formula is C15H11BrF3N3. The fourth-order valence-corrected chi connectivity index (χ4v) is 2.56. The topological polar surface area (TPSA) is 43.3 Å². The van der Waals surface area contributed by atoms with Crippen molar-refractivity contribution in [3.8, 4) is 11.3 Å². The Balaban J connectivity index is 2.22. The summed E-state index contributed by atoms with van der Waals surface area (Å²) < 4.78 is 40.9. The van der Waals surface area contributed by atoms with Crippen LogP contribution in [-0.2, 0) is 12.7 Å². The van der Waals surface area contributed by atoms with Crippen molar-refractivity contribution in [2.75, 3.05) is 0 Å². The molecule has 0 saturated carbocycles. The minimum absolute atomic E-state index is 0.0911. The highest BCUT2D eigenvalue weighted by Gasteiger charge is 2.31. The van der Waals surface area contributed by atoms with Crippen LogP contribution in [0.5, 0.6) is 0 Å². The van der Waals surface area contributed by atoms with E-state index in [0.717, 1.165) is 22.3 Å². The van der Waals surface area contributed by atoms with E-state index < -0.39 is 11.7 Å². The molecule has 0 spiro atoms. The summed E-state index contributed by atoms with van der Waals surface area (Å²) in [6, 6.07) is 9.76. The molecule has 3 aromatic rings. The number of halogens is 4. The zero-order chi connectivity index (χ0) is 15.9. The molecule has 2 N–H and O–H groups in total. The average Bonchev–Trinajstić information content (AvgIpc) is 2.84. The minimum Gasteiger partial charge on any atom is -0.325 e. The molecule has 0 aliphatic heterocycles. The first-order valence-corrected chi connectivity index (χ1v) is 7.23. The second-order valence-electron chi connectivity index (χ2n) is 4.76. The molecule has 2 aromatic heterocycles. The van der Waals surface area contributed by atoms with E-state index in [4.69, 9.17) is 5.73 Å². The van der Waals surface area contributed by atoms with Gasteiger partial charge in [0, 0.05) is 22.8 Å². The largest absolute Gasteiger partial charge is 0.417 e. The fraction of sp³-hybridized carbons (Fsp3) is 0.133. The Kier molecular flexibility index (Phi) is 3.70. The number of nitrogens with zero attached hydrogens (tertiary/aromatic N) is 2. The van der Waals surface area contributed by atoms with E-state index in [0.29, 0.717) is 17.0 Å². The number of nitrogens with two attached hydrogens (primary N) is 1. The van der Waals surface area contributed by atoms with Crippen LogP contribution in [0.3, 0.4) is 0 Å². The SMILES string of the molecule is NCc1c(-c2ccc(Br)cc2)nc2ccc(C(F)(F)F)cn12. The number of benzene rings is 1. The first-order chi connectivity index (χ1) is 10.4. The van der Waals surface area contributed by atoms with Gasteiger partial charge >= 0.3 is 6.18 Å². The number of fused-ring (bicyclic) bond motifs is 1. The highest BCUT2D eigenvalue weighted by molar-refractivity contribution is 9.10. The van der Waals surface area contributed by atoms with E-state index in [1.807, 2.05) is 24.3 Å². The first kappa shape index (κ1) is 15.1. The summed E-state index contributed by atoms with van der Waals surface area (Å²) >= 11 is 3.34. The summed E-state index contributed by atoms with van der Waals surface area (Å²) in [6.45, 7) is 0.0911. The number of imidazole rings is 1. The van der Waals surface area contributed by atoms with Crippen molar-refractivity contribution in [3.63, 3.8) is 0 Å². The molecule has 1 aromatic carbocycles. The Hall–Kier alpha value is -1.86. The third-order valence-electron chi connectivity index (χ3n) is 3.36. The smallest absolute Gasteiger partial charge is 0.325 e. The van der Waals surface area contributed by atoms with E-state index in [1.54, 1.807) is 0 Å². The lowest BCUT2D eigenvalue weighted by Gasteiger charge is -2.08. The van der Waals surface area contributed by atoms with Crippen LogP contribution in [0.4, 0.5) is 13.2 Å². The Morgan fingerprint density at radius 2 is 1.77 bits per heavy atom. The van der Waals surface area contributed by atoms with Crippen LogP contribution in [-0.4, -0.2) is 9.38 Å². The van der Waals surface area contributed by atoms with Gasteiger partial charge in [0.2, 0.25) is 0 Å². The molecule has 3 rings (SSSR count). The average molecular weight is 370 g/mol. The molecule has 114 valence electrons. The molecule has 0 aliphatic carbocycles. The molecule has 2 heterocycles. The van der Waals surface area contributed by atoms with Crippen molar-refractivity contribution in [3.05, 3.63) is 58.3 Å². The number of hydrogen-bond acceptors (Lipinski definition) is 2. The van der Waals surface area contributed by atoms with Gasteiger partial charge < -0.3 is 10.1 Å². The van der Waals surface area contributed by atoms with Crippen molar-refractivity contribution in [2.45, 2.75) is 12.7 Å². The highest BCUT2D eigenvalue weighted by Crippen LogP contribution is 2.31. The number of alkyl halides is 3. The number of aromatic nitrogens is 2. The zero-order valence-electron chi connectivity index (χ0n) is 11.2. The Morgan fingerprint density at radius 1 is 1.09 bits per heavy atom. The van der Waals surface area contributed by atoms with Gasteiger partial charge in [-0.05, 0) is 24.3 Å². The second kappa shape index (κ2) is 5.40. The maximum Gasteiger partial charge on any atom is 0.417 e. The Bertz CT molecular complexity index is 822. The second-order valence-corrected chi connectivity index (χ2v) is 5.68. The zero-order valence-corrected chi connectivity index (χ0v) is 12.8. The Morgan fingerprint density at radius 3 is 2.36 bits per heavy atom. The standard InChI is InChI=1S/C15H11BrF3N3/c16-11-4-1-9(2-5-11)14-12(7-20)22-8-10(15(17,18)19)3-6-13(22)21-14/h1-6,8H,7,20H2. The summed E-state index contributed by atoms with van der Waals surface area (Å²) in [5.74, 6) is 0. The van der Waals surface area contributed by atoms with Gasteiger partial charge in [0.15, 0.2) is 0 Å². The summed E-state index contributed by atoms with van der Waals surface area (Å²) in [7, 11) is 0. The van der Waals surface area contributed by atoms with Crippen LogP contribution in [0.2, 0.25) is 0 Å². The molecule has 0 amide bonds. The molecule has 0 unspecified atom stereocenters. The number of pyridine rings is 1. The van der Waals surface area contributed by atoms with E-state index in [-0.39, 0.29) is 6.54 Å². The van der Waals surface area contributed by atoms with Gasteiger partial charge in [-0.2, -0.15) is 13.2 Å². The third kappa shape index (κ3) is 2.62. The van der Waals surface area contributed by atoms with Gasteiger partial charge in [-0.3, -0.25) is 0 Å². The molecule has 0 atom stereocenters. The van der Waals surface area contributed by atoms with Crippen molar-refractivity contribution >= 4 is 21.6 Å². The van der Waals surface area contributed by atoms with Gasteiger partial charge in [0.25, 0.3) is 0 Å². The fourth-order valence-electron chi connectivity index (χ4n) is 2.29. The van der Waals surface area contributed by atoms with Crippen LogP contribution in [0.25, 0.3) is 16.9 Å². The lowest BCUT2D eigenvalue weighted by molar-refractivity contribution is -0.137. The van der Waals surface area contributed by atoms with Crippen molar-refractivity contribution in [1.29, 1.82) is 0 Å². The van der Waals surface area contributed by atoms with E-state index >= 15 is 0 Å². The van der Waals surface area contributed by atoms with Gasteiger partial charge in [-0.15, -0.1) is 0 Å². The number of hydrogen-bond donors (Lipinski definition) is 1. The predicted molar refractivity (Wildman–Crippen MR) is 81.2 cm³/mol. The molecule has 3 nitrogen and oxygen atoms in total. The molecule has 0 saturated heterocycles. The summed E-state index contributed by atoms with van der Waals surface area (Å²) in [5.41, 5.74) is 7.39. The lowest BCUT2D eigenvalue weighted by Crippen LogP contribution is -2.08. The maximum absolute atomic E-state index is 12.9. The van der Waals surface area contributed by atoms with Gasteiger partial charge in [0.1, 0.15) is 5.65 Å². The minimum atomic E-state index is -4.40. The van der Waals surface area contributed by atoms with Gasteiger partial charge in [-0.1, -0.05) is 28.1 Å². The normalized spacial score (nSPS) is 12.0. The van der Waals surface area contributed by atoms with Gasteiger partial charge in [-0.25, -0.2) is 4.98 Å². The van der Waals surface area contributed by atoms with Gasteiger partial charge in [0.05, 0.1) is 17.0 Å². The summed E-state index contributed by atoms with van der Waals surface area (Å²) in [4.78, 5) is 4.41. The van der Waals surface area contributed by atoms with Crippen LogP contribution in [0.1, 0.15) is 11.3 Å². The van der Waals surface area contributed by atoms with Crippen molar-refractivity contribution < 1.29 is 13.2 Å². The van der Waals surface area contributed by atoms with Crippen LogP contribution in [0.15, 0.2) is 47.1 Å². The lowest BCUT2D eigenvalue weighted by atomic mass is 10.1.